The lowest BCUT2D eigenvalue weighted by Gasteiger charge is -2.00. The Kier molecular flexibility index (Phi) is 3.01. The maximum atomic E-state index is 12.8. The lowest BCUT2D eigenvalue weighted by atomic mass is 10.3. The molecular formula is C6HClF2INO2. The molecule has 0 bridgehead atoms. The quantitative estimate of drug-likeness (QED) is 0.345. The number of benzene rings is 1. The third kappa shape index (κ3) is 1.88. The van der Waals surface area contributed by atoms with Crippen LogP contribution in [0.3, 0.4) is 0 Å². The van der Waals surface area contributed by atoms with E-state index in [-0.39, 0.29) is 8.59 Å². The van der Waals surface area contributed by atoms with E-state index in [1.54, 1.807) is 0 Å². The van der Waals surface area contributed by atoms with Crippen molar-refractivity contribution in [2.24, 2.45) is 0 Å². The van der Waals surface area contributed by atoms with Gasteiger partial charge < -0.3 is 0 Å². The van der Waals surface area contributed by atoms with Crippen LogP contribution in [0.2, 0.25) is 5.02 Å². The fourth-order valence-corrected chi connectivity index (χ4v) is 1.50. The average molecular weight is 319 g/mol. The molecule has 70 valence electrons. The first-order chi connectivity index (χ1) is 5.95. The third-order valence-electron chi connectivity index (χ3n) is 1.27. The summed E-state index contributed by atoms with van der Waals surface area (Å²) < 4.78 is 25.3. The molecule has 0 spiro atoms. The van der Waals surface area contributed by atoms with Gasteiger partial charge >= 0.3 is 5.69 Å². The average Bonchev–Trinajstić information content (AvgIpc) is 2.01. The van der Waals surface area contributed by atoms with Crippen LogP contribution in [0.5, 0.6) is 0 Å². The van der Waals surface area contributed by atoms with Crippen LogP contribution >= 0.6 is 34.2 Å². The Bertz CT molecular complexity index is 359. The minimum atomic E-state index is -1.49. The second kappa shape index (κ2) is 3.70. The Morgan fingerprint density at radius 1 is 1.54 bits per heavy atom. The standard InChI is InChI=1S/C6HClF2INO2/c7-2-1-3(8)4(9)6(5(2)10)11(12)13/h1H. The predicted octanol–water partition coefficient (Wildman–Crippen LogP) is 3.13. The van der Waals surface area contributed by atoms with Crippen LogP contribution in [0.4, 0.5) is 14.5 Å². The second-order valence-corrected chi connectivity index (χ2v) is 3.56. The number of nitro benzene ring substituents is 1. The zero-order valence-electron chi connectivity index (χ0n) is 5.85. The maximum absolute atomic E-state index is 12.8. The second-order valence-electron chi connectivity index (χ2n) is 2.07. The smallest absolute Gasteiger partial charge is 0.258 e. The zero-order chi connectivity index (χ0) is 10.2. The first-order valence-corrected chi connectivity index (χ1v) is 4.38. The summed E-state index contributed by atoms with van der Waals surface area (Å²) in [7, 11) is 0. The fourth-order valence-electron chi connectivity index (χ4n) is 0.721. The van der Waals surface area contributed by atoms with E-state index in [1.165, 1.54) is 22.6 Å². The summed E-state index contributed by atoms with van der Waals surface area (Å²) in [6.45, 7) is 0. The van der Waals surface area contributed by atoms with Crippen molar-refractivity contribution in [1.29, 1.82) is 0 Å². The molecule has 0 fully saturated rings. The molecule has 1 aromatic carbocycles. The van der Waals surface area contributed by atoms with Crippen LogP contribution in [-0.4, -0.2) is 4.92 Å². The van der Waals surface area contributed by atoms with E-state index in [1.807, 2.05) is 0 Å². The van der Waals surface area contributed by atoms with Crippen molar-refractivity contribution in [2.75, 3.05) is 0 Å². The molecule has 0 aliphatic carbocycles. The highest BCUT2D eigenvalue weighted by Crippen LogP contribution is 2.32. The van der Waals surface area contributed by atoms with Crippen LogP contribution in [0, 0.1) is 25.3 Å². The number of nitro groups is 1. The van der Waals surface area contributed by atoms with E-state index >= 15 is 0 Å². The van der Waals surface area contributed by atoms with Crippen molar-refractivity contribution in [3.05, 3.63) is 36.4 Å². The Labute approximate surface area is 90.0 Å². The monoisotopic (exact) mass is 319 g/mol. The summed E-state index contributed by atoms with van der Waals surface area (Å²) in [4.78, 5) is 9.27. The molecule has 0 amide bonds. The van der Waals surface area contributed by atoms with Crippen LogP contribution in [0.15, 0.2) is 6.07 Å². The van der Waals surface area contributed by atoms with E-state index in [0.29, 0.717) is 6.07 Å². The van der Waals surface area contributed by atoms with Gasteiger partial charge in [-0.15, -0.1) is 0 Å². The van der Waals surface area contributed by atoms with Gasteiger partial charge in [0.2, 0.25) is 5.82 Å². The van der Waals surface area contributed by atoms with Gasteiger partial charge in [0.1, 0.15) is 3.57 Å². The molecule has 3 nitrogen and oxygen atoms in total. The van der Waals surface area contributed by atoms with E-state index in [0.717, 1.165) is 0 Å². The van der Waals surface area contributed by atoms with E-state index in [4.69, 9.17) is 11.6 Å². The molecule has 0 aromatic heterocycles. The Morgan fingerprint density at radius 3 is 2.54 bits per heavy atom. The molecule has 0 radical (unpaired) electrons. The van der Waals surface area contributed by atoms with E-state index < -0.39 is 22.2 Å². The summed E-state index contributed by atoms with van der Waals surface area (Å²) >= 11 is 6.90. The lowest BCUT2D eigenvalue weighted by Crippen LogP contribution is -1.99. The molecular weight excluding hydrogens is 318 g/mol. The van der Waals surface area contributed by atoms with Gasteiger partial charge in [-0.2, -0.15) is 4.39 Å². The molecule has 0 heterocycles. The van der Waals surface area contributed by atoms with E-state index in [2.05, 4.69) is 0 Å². The molecule has 0 unspecified atom stereocenters. The molecule has 1 rings (SSSR count). The van der Waals surface area contributed by atoms with Gasteiger partial charge in [-0.3, -0.25) is 10.1 Å². The summed E-state index contributed by atoms with van der Waals surface area (Å²) in [6.07, 6.45) is 0. The van der Waals surface area contributed by atoms with Crippen LogP contribution in [-0.2, 0) is 0 Å². The van der Waals surface area contributed by atoms with Crippen molar-refractivity contribution in [1.82, 2.24) is 0 Å². The summed E-state index contributed by atoms with van der Waals surface area (Å²) in [5, 5.41) is 10.1. The molecule has 7 heteroatoms. The largest absolute Gasteiger partial charge is 0.322 e. The Morgan fingerprint density at radius 2 is 2.08 bits per heavy atom. The first-order valence-electron chi connectivity index (χ1n) is 2.92. The van der Waals surface area contributed by atoms with Crippen molar-refractivity contribution >= 4 is 39.9 Å². The summed E-state index contributed by atoms with van der Waals surface area (Å²) in [5.41, 5.74) is -0.925. The highest BCUT2D eigenvalue weighted by molar-refractivity contribution is 14.1. The Hall–Kier alpha value is -0.500. The van der Waals surface area contributed by atoms with E-state index in [9.17, 15) is 18.9 Å². The molecule has 0 N–H and O–H groups in total. The Balaban J connectivity index is 3.56. The van der Waals surface area contributed by atoms with Crippen molar-refractivity contribution in [3.8, 4) is 0 Å². The number of hydrogen-bond donors (Lipinski definition) is 0. The van der Waals surface area contributed by atoms with Gasteiger partial charge in [0.05, 0.1) is 9.95 Å². The SMILES string of the molecule is O=[N+]([O-])c1c(F)c(F)cc(Cl)c1I. The van der Waals surface area contributed by atoms with Crippen molar-refractivity contribution < 1.29 is 13.7 Å². The third-order valence-corrected chi connectivity index (χ3v) is 2.98. The van der Waals surface area contributed by atoms with Crippen molar-refractivity contribution in [2.45, 2.75) is 0 Å². The zero-order valence-corrected chi connectivity index (χ0v) is 8.77. The molecule has 0 saturated heterocycles. The number of hydrogen-bond acceptors (Lipinski definition) is 2. The summed E-state index contributed by atoms with van der Waals surface area (Å²) in [6, 6.07) is 0.700. The van der Waals surface area contributed by atoms with Crippen LogP contribution in [0.25, 0.3) is 0 Å². The van der Waals surface area contributed by atoms with Gasteiger partial charge in [0.25, 0.3) is 0 Å². The lowest BCUT2D eigenvalue weighted by molar-refractivity contribution is -0.388. The van der Waals surface area contributed by atoms with Crippen LogP contribution in [0.1, 0.15) is 0 Å². The fraction of sp³-hybridized carbons (Fsp3) is 0. The minimum absolute atomic E-state index is 0.108. The van der Waals surface area contributed by atoms with Gasteiger partial charge in [0.15, 0.2) is 5.82 Å². The highest BCUT2D eigenvalue weighted by Gasteiger charge is 2.25. The number of nitrogens with zero attached hydrogens (tertiary/aromatic N) is 1. The highest BCUT2D eigenvalue weighted by atomic mass is 127. The maximum Gasteiger partial charge on any atom is 0.322 e. The van der Waals surface area contributed by atoms with Crippen LogP contribution < -0.4 is 0 Å². The first kappa shape index (κ1) is 10.6. The van der Waals surface area contributed by atoms with Gasteiger partial charge in [-0.25, -0.2) is 4.39 Å². The van der Waals surface area contributed by atoms with Gasteiger partial charge in [-0.05, 0) is 28.7 Å². The minimum Gasteiger partial charge on any atom is -0.258 e. The predicted molar refractivity (Wildman–Crippen MR) is 50.7 cm³/mol. The molecule has 0 saturated carbocycles. The van der Waals surface area contributed by atoms with Crippen molar-refractivity contribution in [3.63, 3.8) is 0 Å². The molecule has 1 aromatic rings. The molecule has 13 heavy (non-hydrogen) atoms. The molecule has 0 atom stereocenters. The summed E-state index contributed by atoms with van der Waals surface area (Å²) in [5.74, 6) is -2.81. The molecule has 0 aliphatic rings. The van der Waals surface area contributed by atoms with Gasteiger partial charge in [-0.1, -0.05) is 11.6 Å². The topological polar surface area (TPSA) is 43.1 Å². The number of rotatable bonds is 1. The normalized spacial score (nSPS) is 10.2. The molecule has 0 aliphatic heterocycles. The number of halogens is 4. The van der Waals surface area contributed by atoms with Gasteiger partial charge in [0, 0.05) is 0 Å².